The molecule has 1 amide bonds. The molecule has 0 saturated heterocycles. The molecule has 4 heteroatoms. The summed E-state index contributed by atoms with van der Waals surface area (Å²) in [6, 6.07) is 13.8. The lowest BCUT2D eigenvalue weighted by atomic mass is 10.1. The number of hydrogen-bond donors (Lipinski definition) is 1. The Morgan fingerprint density at radius 3 is 2.36 bits per heavy atom. The highest BCUT2D eigenvalue weighted by Crippen LogP contribution is 2.22. The van der Waals surface area contributed by atoms with Gasteiger partial charge in [-0.15, -0.1) is 0 Å². The highest BCUT2D eigenvalue weighted by Gasteiger charge is 2.24. The molecule has 1 heterocycles. The predicted molar refractivity (Wildman–Crippen MR) is 88.7 cm³/mol. The van der Waals surface area contributed by atoms with Gasteiger partial charge in [-0.1, -0.05) is 30.3 Å². The first-order chi connectivity index (χ1) is 10.3. The van der Waals surface area contributed by atoms with Crippen LogP contribution in [0.2, 0.25) is 0 Å². The molecule has 0 aliphatic carbocycles. The molecule has 118 valence electrons. The monoisotopic (exact) mass is 300 g/mol. The molecule has 2 rings (SSSR count). The zero-order valence-electron chi connectivity index (χ0n) is 13.7. The van der Waals surface area contributed by atoms with Crippen molar-refractivity contribution in [2.45, 2.75) is 26.4 Å². The molecule has 1 N–H and O–H groups in total. The van der Waals surface area contributed by atoms with E-state index < -0.39 is 5.60 Å². The molecule has 22 heavy (non-hydrogen) atoms. The predicted octanol–water partition coefficient (Wildman–Crippen LogP) is 2.93. The van der Waals surface area contributed by atoms with Crippen molar-refractivity contribution in [1.29, 1.82) is 0 Å². The third-order valence-electron chi connectivity index (χ3n) is 3.66. The Morgan fingerprint density at radius 1 is 1.18 bits per heavy atom. The Balaban J connectivity index is 2.30. The van der Waals surface area contributed by atoms with E-state index in [1.54, 1.807) is 18.7 Å². The fourth-order valence-electron chi connectivity index (χ4n) is 2.58. The van der Waals surface area contributed by atoms with Crippen LogP contribution in [-0.2, 0) is 7.05 Å². The summed E-state index contributed by atoms with van der Waals surface area (Å²) >= 11 is 0. The summed E-state index contributed by atoms with van der Waals surface area (Å²) in [5.41, 5.74) is 1.81. The minimum absolute atomic E-state index is 0.0608. The number of carbonyl (C=O) groups excluding carboxylic acids is 1. The van der Waals surface area contributed by atoms with E-state index in [2.05, 4.69) is 0 Å². The van der Waals surface area contributed by atoms with Crippen LogP contribution in [0.5, 0.6) is 0 Å². The summed E-state index contributed by atoms with van der Waals surface area (Å²) in [4.78, 5) is 14.4. The number of carbonyl (C=O) groups is 1. The van der Waals surface area contributed by atoms with Crippen molar-refractivity contribution < 1.29 is 9.90 Å². The molecule has 0 aliphatic rings. The van der Waals surface area contributed by atoms with Crippen LogP contribution in [0.15, 0.2) is 42.5 Å². The number of rotatable bonds is 5. The number of hydrogen-bond acceptors (Lipinski definition) is 2. The van der Waals surface area contributed by atoms with Gasteiger partial charge in [-0.25, -0.2) is 0 Å². The minimum Gasteiger partial charge on any atom is -0.389 e. The molecule has 0 unspecified atom stereocenters. The van der Waals surface area contributed by atoms with E-state index in [0.717, 1.165) is 11.3 Å². The highest BCUT2D eigenvalue weighted by molar-refractivity contribution is 5.94. The Bertz CT molecular complexity index is 639. The first kappa shape index (κ1) is 16.3. The van der Waals surface area contributed by atoms with Crippen molar-refractivity contribution in [3.05, 3.63) is 48.2 Å². The maximum absolute atomic E-state index is 12.7. The fraction of sp³-hybridized carbons (Fsp3) is 0.389. The Morgan fingerprint density at radius 2 is 1.82 bits per heavy atom. The lowest BCUT2D eigenvalue weighted by molar-refractivity contribution is 0.0309. The van der Waals surface area contributed by atoms with Crippen molar-refractivity contribution in [1.82, 2.24) is 9.47 Å². The van der Waals surface area contributed by atoms with Crippen molar-refractivity contribution in [3.8, 4) is 11.3 Å². The zero-order valence-corrected chi connectivity index (χ0v) is 13.7. The van der Waals surface area contributed by atoms with Crippen molar-refractivity contribution in [3.63, 3.8) is 0 Å². The SMILES string of the molecule is CCN(CC(C)(C)O)C(=O)c1ccc(-c2ccccc2)n1C. The van der Waals surface area contributed by atoms with Gasteiger partial charge in [0.15, 0.2) is 0 Å². The molecule has 0 saturated carbocycles. The number of nitrogens with zero attached hydrogens (tertiary/aromatic N) is 2. The van der Waals surface area contributed by atoms with Crippen LogP contribution in [0.1, 0.15) is 31.3 Å². The summed E-state index contributed by atoms with van der Waals surface area (Å²) in [6.07, 6.45) is 0. The number of likely N-dealkylation sites (N-methyl/N-ethyl adjacent to an activating group) is 1. The van der Waals surface area contributed by atoms with Gasteiger partial charge >= 0.3 is 0 Å². The van der Waals surface area contributed by atoms with Gasteiger partial charge in [-0.05, 0) is 38.5 Å². The summed E-state index contributed by atoms with van der Waals surface area (Å²) in [7, 11) is 1.90. The third-order valence-corrected chi connectivity index (χ3v) is 3.66. The number of aromatic nitrogens is 1. The van der Waals surface area contributed by atoms with Crippen LogP contribution >= 0.6 is 0 Å². The van der Waals surface area contributed by atoms with Gasteiger partial charge in [0.2, 0.25) is 0 Å². The third kappa shape index (κ3) is 3.57. The lowest BCUT2D eigenvalue weighted by Gasteiger charge is -2.28. The van der Waals surface area contributed by atoms with E-state index in [-0.39, 0.29) is 5.91 Å². The molecule has 1 aromatic heterocycles. The van der Waals surface area contributed by atoms with Gasteiger partial charge in [0.05, 0.1) is 5.60 Å². The molecular formula is C18H24N2O2. The van der Waals surface area contributed by atoms with Gasteiger partial charge in [0, 0.05) is 25.8 Å². The van der Waals surface area contributed by atoms with Crippen LogP contribution < -0.4 is 0 Å². The van der Waals surface area contributed by atoms with E-state index in [9.17, 15) is 9.90 Å². The average molecular weight is 300 g/mol. The molecule has 0 fully saturated rings. The Hall–Kier alpha value is -2.07. The Labute approximate surface area is 132 Å². The molecule has 0 aliphatic heterocycles. The molecular weight excluding hydrogens is 276 g/mol. The van der Waals surface area contributed by atoms with Gasteiger partial charge < -0.3 is 14.6 Å². The standard InChI is InChI=1S/C18H24N2O2/c1-5-20(13-18(2,3)22)17(21)16-12-11-15(19(16)4)14-9-7-6-8-10-14/h6-12,22H,5,13H2,1-4H3. The first-order valence-corrected chi connectivity index (χ1v) is 7.56. The number of amides is 1. The maximum Gasteiger partial charge on any atom is 0.270 e. The highest BCUT2D eigenvalue weighted by atomic mass is 16.3. The van der Waals surface area contributed by atoms with Crippen molar-refractivity contribution in [2.75, 3.05) is 13.1 Å². The van der Waals surface area contributed by atoms with E-state index in [4.69, 9.17) is 0 Å². The fourth-order valence-corrected chi connectivity index (χ4v) is 2.58. The largest absolute Gasteiger partial charge is 0.389 e. The number of aliphatic hydroxyl groups is 1. The molecule has 2 aromatic rings. The van der Waals surface area contributed by atoms with E-state index >= 15 is 0 Å². The van der Waals surface area contributed by atoms with Gasteiger partial charge in [0.1, 0.15) is 5.69 Å². The summed E-state index contributed by atoms with van der Waals surface area (Å²) in [5.74, 6) is -0.0608. The van der Waals surface area contributed by atoms with Crippen LogP contribution in [-0.4, -0.2) is 39.2 Å². The Kier molecular flexibility index (Phi) is 4.71. The van der Waals surface area contributed by atoms with E-state index in [1.807, 2.05) is 61.0 Å². The van der Waals surface area contributed by atoms with Crippen LogP contribution in [0, 0.1) is 0 Å². The second kappa shape index (κ2) is 6.36. The molecule has 1 aromatic carbocycles. The smallest absolute Gasteiger partial charge is 0.270 e. The molecule has 0 radical (unpaired) electrons. The van der Waals surface area contributed by atoms with Crippen molar-refractivity contribution >= 4 is 5.91 Å². The van der Waals surface area contributed by atoms with Gasteiger partial charge in [0.25, 0.3) is 5.91 Å². The van der Waals surface area contributed by atoms with Crippen molar-refractivity contribution in [2.24, 2.45) is 7.05 Å². The first-order valence-electron chi connectivity index (χ1n) is 7.56. The number of benzene rings is 1. The van der Waals surface area contributed by atoms with Crippen LogP contribution in [0.4, 0.5) is 0 Å². The summed E-state index contributed by atoms with van der Waals surface area (Å²) in [6.45, 7) is 6.22. The second-order valence-corrected chi connectivity index (χ2v) is 6.16. The quantitative estimate of drug-likeness (QED) is 0.923. The maximum atomic E-state index is 12.7. The summed E-state index contributed by atoms with van der Waals surface area (Å²) < 4.78 is 1.91. The molecule has 0 atom stereocenters. The topological polar surface area (TPSA) is 45.5 Å². The van der Waals surface area contributed by atoms with Gasteiger partial charge in [-0.3, -0.25) is 4.79 Å². The molecule has 4 nitrogen and oxygen atoms in total. The van der Waals surface area contributed by atoms with E-state index in [0.29, 0.717) is 18.8 Å². The zero-order chi connectivity index (χ0) is 16.3. The second-order valence-electron chi connectivity index (χ2n) is 6.16. The minimum atomic E-state index is -0.904. The molecule has 0 bridgehead atoms. The summed E-state index contributed by atoms with van der Waals surface area (Å²) in [5, 5.41) is 9.97. The van der Waals surface area contributed by atoms with E-state index in [1.165, 1.54) is 0 Å². The van der Waals surface area contributed by atoms with Crippen LogP contribution in [0.25, 0.3) is 11.3 Å². The normalized spacial score (nSPS) is 11.5. The average Bonchev–Trinajstić information content (AvgIpc) is 2.85. The molecule has 0 spiro atoms. The van der Waals surface area contributed by atoms with Crippen LogP contribution in [0.3, 0.4) is 0 Å². The van der Waals surface area contributed by atoms with Gasteiger partial charge in [-0.2, -0.15) is 0 Å². The lowest BCUT2D eigenvalue weighted by Crippen LogP contribution is -2.42.